The van der Waals surface area contributed by atoms with Gasteiger partial charge in [0.2, 0.25) is 5.82 Å². The van der Waals surface area contributed by atoms with E-state index in [1.54, 1.807) is 32.2 Å². The fourth-order valence-corrected chi connectivity index (χ4v) is 6.79. The first kappa shape index (κ1) is 28.7. The van der Waals surface area contributed by atoms with Crippen LogP contribution in [0.2, 0.25) is 0 Å². The minimum absolute atomic E-state index is 0.0268. The van der Waals surface area contributed by atoms with Crippen molar-refractivity contribution < 1.29 is 18.8 Å². The number of carbonyl (C=O) groups is 1. The molecule has 0 unspecified atom stereocenters. The smallest absolute Gasteiger partial charge is 0.299 e. The van der Waals surface area contributed by atoms with Gasteiger partial charge in [0.05, 0.1) is 32.7 Å². The third-order valence-corrected chi connectivity index (χ3v) is 9.33. The van der Waals surface area contributed by atoms with Crippen molar-refractivity contribution in [2.75, 3.05) is 33.0 Å². The number of aromatic amines is 1. The van der Waals surface area contributed by atoms with Crippen LogP contribution in [-0.4, -0.2) is 53.1 Å². The van der Waals surface area contributed by atoms with Crippen molar-refractivity contribution in [3.63, 3.8) is 0 Å². The van der Waals surface area contributed by atoms with E-state index in [9.17, 15) is 4.79 Å². The third kappa shape index (κ3) is 5.42. The van der Waals surface area contributed by atoms with E-state index in [2.05, 4.69) is 51.8 Å². The second-order valence-corrected chi connectivity index (χ2v) is 12.2. The number of benzene rings is 3. The number of fused-ring (bicyclic) bond motifs is 2. The summed E-state index contributed by atoms with van der Waals surface area (Å²) in [5.74, 6) is 2.45. The fraction of sp³-hybridized carbons (Fsp3) is 0.200. The van der Waals surface area contributed by atoms with E-state index >= 15 is 0 Å². The monoisotopic (exact) mass is 617 g/mol. The third-order valence-electron chi connectivity index (χ3n) is 8.31. The van der Waals surface area contributed by atoms with Gasteiger partial charge in [-0.1, -0.05) is 53.0 Å². The molecule has 45 heavy (non-hydrogen) atoms. The first-order valence-corrected chi connectivity index (χ1v) is 15.7. The number of nitrogens with one attached hydrogen (secondary N) is 1. The summed E-state index contributed by atoms with van der Waals surface area (Å²) in [5.41, 5.74) is 13.6. The highest BCUT2D eigenvalue weighted by Gasteiger charge is 2.39. The molecule has 1 aliphatic heterocycles. The number of hydrogen-bond donors (Lipinski definition) is 2. The highest BCUT2D eigenvalue weighted by Crippen LogP contribution is 2.36. The summed E-state index contributed by atoms with van der Waals surface area (Å²) < 4.78 is 13.2. The Morgan fingerprint density at radius 2 is 1.80 bits per heavy atom. The normalized spacial score (nSPS) is 13.3. The lowest BCUT2D eigenvalue weighted by molar-refractivity contribution is -0.755. The first-order valence-electron chi connectivity index (χ1n) is 14.7. The quantitative estimate of drug-likeness (QED) is 0.123. The number of anilines is 1. The molecular weight excluding hydrogens is 584 g/mol. The van der Waals surface area contributed by atoms with Gasteiger partial charge < -0.3 is 25.1 Å². The lowest BCUT2D eigenvalue weighted by atomic mass is 10.1. The van der Waals surface area contributed by atoms with Crippen LogP contribution >= 0.6 is 11.8 Å². The largest absolute Gasteiger partial charge is 0.493 e. The van der Waals surface area contributed by atoms with Crippen LogP contribution < -0.4 is 19.8 Å². The van der Waals surface area contributed by atoms with E-state index < -0.39 is 0 Å². The van der Waals surface area contributed by atoms with Gasteiger partial charge in [-0.25, -0.2) is 4.57 Å². The molecule has 1 aliphatic rings. The number of rotatable bonds is 8. The van der Waals surface area contributed by atoms with Crippen molar-refractivity contribution in [3.05, 3.63) is 102 Å². The molecule has 6 aromatic rings. The Labute approximate surface area is 265 Å². The predicted molar refractivity (Wildman–Crippen MR) is 177 cm³/mol. The number of thioether (sulfide) groups is 1. The van der Waals surface area contributed by atoms with Crippen LogP contribution in [-0.2, 0) is 5.75 Å². The molecule has 3 N–H and O–H groups in total. The van der Waals surface area contributed by atoms with E-state index in [1.165, 1.54) is 11.1 Å². The number of nitrogens with two attached hydrogens (primary N) is 1. The van der Waals surface area contributed by atoms with E-state index in [1.807, 2.05) is 53.6 Å². The Kier molecular flexibility index (Phi) is 7.50. The molecule has 226 valence electrons. The second-order valence-electron chi connectivity index (χ2n) is 11.2. The molecule has 4 heterocycles. The van der Waals surface area contributed by atoms with Crippen molar-refractivity contribution in [2.45, 2.75) is 23.9 Å². The van der Waals surface area contributed by atoms with Crippen molar-refractivity contribution in [2.24, 2.45) is 0 Å². The topological polar surface area (TPSA) is 110 Å². The van der Waals surface area contributed by atoms with Crippen LogP contribution in [0, 0.1) is 6.92 Å². The Morgan fingerprint density at radius 1 is 1.02 bits per heavy atom. The van der Waals surface area contributed by atoms with Gasteiger partial charge in [-0.05, 0) is 48.0 Å². The van der Waals surface area contributed by atoms with Gasteiger partial charge in [0.15, 0.2) is 17.0 Å². The Bertz CT molecular complexity index is 2040. The number of aryl methyl sites for hydroxylation is 1. The summed E-state index contributed by atoms with van der Waals surface area (Å²) in [4.78, 5) is 28.0. The van der Waals surface area contributed by atoms with Crippen molar-refractivity contribution in [3.8, 4) is 22.6 Å². The Hall–Kier alpha value is -5.09. The van der Waals surface area contributed by atoms with E-state index in [0.29, 0.717) is 36.1 Å². The van der Waals surface area contributed by atoms with E-state index in [4.69, 9.17) is 20.2 Å². The number of carbonyl (C=O) groups excluding carboxylic acids is 1. The average molecular weight is 618 g/mol. The molecule has 1 amide bonds. The summed E-state index contributed by atoms with van der Waals surface area (Å²) in [5, 5.41) is 2.55. The van der Waals surface area contributed by atoms with Crippen molar-refractivity contribution >= 4 is 45.3 Å². The van der Waals surface area contributed by atoms with Gasteiger partial charge in [-0.15, -0.1) is 0 Å². The number of methoxy groups -OCH3 is 2. The number of nitrogens with zero attached hydrogens (tertiary/aromatic N) is 4. The molecule has 0 spiro atoms. The van der Waals surface area contributed by atoms with Gasteiger partial charge >= 0.3 is 0 Å². The number of aromatic nitrogens is 4. The van der Waals surface area contributed by atoms with Crippen molar-refractivity contribution in [1.82, 2.24) is 19.9 Å². The number of hydrogen-bond acceptors (Lipinski definition) is 7. The minimum Gasteiger partial charge on any atom is -0.493 e. The summed E-state index contributed by atoms with van der Waals surface area (Å²) >= 11 is 1.63. The number of pyridine rings is 1. The zero-order valence-corrected chi connectivity index (χ0v) is 26.1. The molecule has 10 heteroatoms. The lowest BCUT2D eigenvalue weighted by Crippen LogP contribution is -2.62. The number of ether oxygens (including phenoxy) is 2. The predicted octanol–water partition coefficient (Wildman–Crippen LogP) is 5.96. The van der Waals surface area contributed by atoms with Crippen LogP contribution in [0.3, 0.4) is 0 Å². The minimum atomic E-state index is -0.0430. The lowest BCUT2D eigenvalue weighted by Gasteiger charge is -2.38. The van der Waals surface area contributed by atoms with Gasteiger partial charge in [0.1, 0.15) is 11.7 Å². The molecule has 7 rings (SSSR count). The molecule has 3 aromatic carbocycles. The fourth-order valence-electron chi connectivity index (χ4n) is 5.75. The summed E-state index contributed by atoms with van der Waals surface area (Å²) in [7, 11) is 3.21. The zero-order chi connectivity index (χ0) is 31.1. The van der Waals surface area contributed by atoms with Crippen LogP contribution in [0.1, 0.15) is 27.7 Å². The van der Waals surface area contributed by atoms with Crippen LogP contribution in [0.4, 0.5) is 5.82 Å². The molecule has 0 aliphatic carbocycles. The number of amides is 1. The van der Waals surface area contributed by atoms with Crippen LogP contribution in [0.5, 0.6) is 11.5 Å². The van der Waals surface area contributed by atoms with Gasteiger partial charge in [-0.2, -0.15) is 0 Å². The molecule has 3 aromatic heterocycles. The second kappa shape index (κ2) is 11.8. The van der Waals surface area contributed by atoms with E-state index in [-0.39, 0.29) is 11.9 Å². The maximum absolute atomic E-state index is 13.6. The van der Waals surface area contributed by atoms with Gasteiger partial charge in [0, 0.05) is 46.7 Å². The zero-order valence-electron chi connectivity index (χ0n) is 25.3. The number of H-pyrrole nitrogens is 1. The highest BCUT2D eigenvalue weighted by atomic mass is 32.2. The molecule has 0 bridgehead atoms. The van der Waals surface area contributed by atoms with Gasteiger partial charge in [0.25, 0.3) is 11.1 Å². The molecule has 0 radical (unpaired) electrons. The molecule has 0 atom stereocenters. The Balaban J connectivity index is 1.17. The molecule has 0 saturated carbocycles. The SMILES string of the molecule is COc1cc2nc(SCc3ccc(C)cc3)[n+](C3CN(C(=O)c4cc5ccc(-c6cccnc6)cc5[nH]4)C3)c(N)c2cc1OC. The highest BCUT2D eigenvalue weighted by molar-refractivity contribution is 7.98. The van der Waals surface area contributed by atoms with Crippen molar-refractivity contribution in [1.29, 1.82) is 0 Å². The number of nitrogen functional groups attached to an aromatic ring is 1. The maximum atomic E-state index is 13.6. The Morgan fingerprint density at radius 3 is 2.53 bits per heavy atom. The van der Waals surface area contributed by atoms with Crippen LogP contribution in [0.15, 0.2) is 90.3 Å². The average Bonchev–Trinajstić information content (AvgIpc) is 3.48. The molecule has 9 nitrogen and oxygen atoms in total. The number of likely N-dealkylation sites (tertiary alicyclic amines) is 1. The summed E-state index contributed by atoms with van der Waals surface area (Å²) in [6.07, 6.45) is 3.59. The van der Waals surface area contributed by atoms with Gasteiger partial charge in [-0.3, -0.25) is 9.78 Å². The van der Waals surface area contributed by atoms with Crippen LogP contribution in [0.25, 0.3) is 32.9 Å². The van der Waals surface area contributed by atoms with E-state index in [0.717, 1.165) is 43.8 Å². The maximum Gasteiger partial charge on any atom is 0.299 e. The molecular formula is C35H33N6O3S+. The summed E-state index contributed by atoms with van der Waals surface area (Å²) in [6, 6.07) is 24.2. The standard InChI is InChI=1S/C35H32N6O3S/c1-21-6-8-22(9-7-21)20-45-35-39-29-16-32(44-3)31(43-2)15-27(29)33(36)41(35)26-18-40(19-26)34(42)30-14-24-11-10-23(13-28(24)38-30)25-5-4-12-37-17-25/h4-17,26,36H,18-20H2,1-3H3,(H,38,42)/p+1. The summed E-state index contributed by atoms with van der Waals surface area (Å²) in [6.45, 7) is 3.11. The first-order chi connectivity index (χ1) is 21.9. The molecule has 1 saturated heterocycles. The molecule has 1 fully saturated rings.